The molecule has 0 heterocycles. The number of nitrogen functional groups attached to an aromatic ring is 1. The van der Waals surface area contributed by atoms with E-state index >= 15 is 0 Å². The molecule has 1 aromatic carbocycles. The van der Waals surface area contributed by atoms with Gasteiger partial charge in [-0.1, -0.05) is 11.6 Å². The monoisotopic (exact) mass is 284 g/mol. The molecular weight excluding hydrogens is 280 g/mol. The Labute approximate surface area is 89.0 Å². The lowest BCUT2D eigenvalue weighted by atomic mass is 10.3. The van der Waals surface area contributed by atoms with Crippen LogP contribution in [-0.4, -0.2) is 8.42 Å². The van der Waals surface area contributed by atoms with Crippen molar-refractivity contribution < 1.29 is 8.42 Å². The maximum atomic E-state index is 11.0. The van der Waals surface area contributed by atoms with E-state index in [0.29, 0.717) is 0 Å². The third-order valence-electron chi connectivity index (χ3n) is 1.34. The van der Waals surface area contributed by atoms with Gasteiger partial charge in [-0.25, -0.2) is 13.6 Å². The van der Waals surface area contributed by atoms with Crippen LogP contribution in [0.2, 0.25) is 5.02 Å². The third kappa shape index (κ3) is 2.34. The van der Waals surface area contributed by atoms with Crippen LogP contribution in [0.1, 0.15) is 0 Å². The molecule has 0 spiro atoms. The van der Waals surface area contributed by atoms with E-state index in [4.69, 9.17) is 22.5 Å². The Kier molecular flexibility index (Phi) is 2.86. The second-order valence-corrected chi connectivity index (χ2v) is 5.11. The van der Waals surface area contributed by atoms with Gasteiger partial charge in [-0.05, 0) is 28.1 Å². The minimum absolute atomic E-state index is 0.113. The van der Waals surface area contributed by atoms with Gasteiger partial charge >= 0.3 is 0 Å². The van der Waals surface area contributed by atoms with Crippen LogP contribution >= 0.6 is 27.5 Å². The first-order valence-electron chi connectivity index (χ1n) is 3.09. The maximum absolute atomic E-state index is 11.0. The van der Waals surface area contributed by atoms with E-state index < -0.39 is 10.0 Å². The zero-order valence-corrected chi connectivity index (χ0v) is 9.45. The molecule has 0 atom stereocenters. The van der Waals surface area contributed by atoms with Gasteiger partial charge in [0.05, 0.1) is 9.37 Å². The lowest BCUT2D eigenvalue weighted by Crippen LogP contribution is -2.13. The van der Waals surface area contributed by atoms with Gasteiger partial charge in [0.1, 0.15) is 0 Å². The summed E-state index contributed by atoms with van der Waals surface area (Å²) < 4.78 is 22.2. The molecule has 4 N–H and O–H groups in total. The van der Waals surface area contributed by atoms with Crippen LogP contribution in [0, 0.1) is 0 Å². The van der Waals surface area contributed by atoms with E-state index in [-0.39, 0.29) is 20.1 Å². The van der Waals surface area contributed by atoms with Crippen molar-refractivity contribution in [1.29, 1.82) is 0 Å². The fourth-order valence-electron chi connectivity index (χ4n) is 0.791. The zero-order valence-electron chi connectivity index (χ0n) is 6.29. The minimum Gasteiger partial charge on any atom is -0.398 e. The van der Waals surface area contributed by atoms with Crippen LogP contribution in [-0.2, 0) is 10.0 Å². The predicted molar refractivity (Wildman–Crippen MR) is 54.9 cm³/mol. The molecule has 0 fully saturated rings. The number of rotatable bonds is 1. The van der Waals surface area contributed by atoms with Gasteiger partial charge in [0, 0.05) is 10.7 Å². The van der Waals surface area contributed by atoms with Gasteiger partial charge in [-0.3, -0.25) is 0 Å². The van der Waals surface area contributed by atoms with Crippen molar-refractivity contribution >= 4 is 43.2 Å². The van der Waals surface area contributed by atoms with E-state index in [1.807, 2.05) is 0 Å². The van der Waals surface area contributed by atoms with Crippen molar-refractivity contribution in [3.63, 3.8) is 0 Å². The molecule has 0 aliphatic rings. The molecule has 0 saturated carbocycles. The highest BCUT2D eigenvalue weighted by atomic mass is 79.9. The molecule has 0 aliphatic carbocycles. The molecule has 0 radical (unpaired) electrons. The van der Waals surface area contributed by atoms with Crippen molar-refractivity contribution in [2.24, 2.45) is 5.14 Å². The number of hydrogen-bond acceptors (Lipinski definition) is 3. The second-order valence-electron chi connectivity index (χ2n) is 2.35. The van der Waals surface area contributed by atoms with Gasteiger partial charge < -0.3 is 5.73 Å². The van der Waals surface area contributed by atoms with E-state index in [2.05, 4.69) is 15.9 Å². The fraction of sp³-hybridized carbons (Fsp3) is 0. The van der Waals surface area contributed by atoms with Crippen LogP contribution in [0.15, 0.2) is 21.5 Å². The summed E-state index contributed by atoms with van der Waals surface area (Å²) in [6.07, 6.45) is 0. The van der Waals surface area contributed by atoms with Crippen molar-refractivity contribution in [3.05, 3.63) is 21.6 Å². The number of primary sulfonamides is 1. The Hall–Kier alpha value is -0.300. The van der Waals surface area contributed by atoms with Crippen LogP contribution in [0.3, 0.4) is 0 Å². The maximum Gasteiger partial charge on any atom is 0.239 e. The van der Waals surface area contributed by atoms with Crippen LogP contribution in [0.5, 0.6) is 0 Å². The molecule has 13 heavy (non-hydrogen) atoms. The van der Waals surface area contributed by atoms with Crippen molar-refractivity contribution in [2.45, 2.75) is 4.90 Å². The Morgan fingerprint density at radius 2 is 1.92 bits per heavy atom. The van der Waals surface area contributed by atoms with Gasteiger partial charge in [-0.15, -0.1) is 0 Å². The molecular formula is C6H6BrClN2O2S. The summed E-state index contributed by atoms with van der Waals surface area (Å²) in [5.74, 6) is 0. The highest BCUT2D eigenvalue weighted by Crippen LogP contribution is 2.30. The molecule has 1 rings (SSSR count). The number of benzene rings is 1. The molecule has 0 saturated heterocycles. The zero-order chi connectivity index (χ0) is 10.2. The summed E-state index contributed by atoms with van der Waals surface area (Å²) >= 11 is 8.61. The van der Waals surface area contributed by atoms with Gasteiger partial charge in [-0.2, -0.15) is 0 Å². The van der Waals surface area contributed by atoms with E-state index in [9.17, 15) is 8.42 Å². The smallest absolute Gasteiger partial charge is 0.239 e. The van der Waals surface area contributed by atoms with Crippen molar-refractivity contribution in [1.82, 2.24) is 0 Å². The number of nitrogens with two attached hydrogens (primary N) is 2. The summed E-state index contributed by atoms with van der Waals surface area (Å²) in [5.41, 5.74) is 5.70. The van der Waals surface area contributed by atoms with E-state index in [0.717, 1.165) is 0 Å². The Bertz CT molecular complexity index is 446. The standard InChI is InChI=1S/C6H6BrClN2O2S/c7-6-4(9)1-3(8)2-5(6)13(10,11)12/h1-2H,9H2,(H2,10,11,12). The van der Waals surface area contributed by atoms with Crippen LogP contribution in [0.25, 0.3) is 0 Å². The summed E-state index contributed by atoms with van der Waals surface area (Å²) in [4.78, 5) is -0.113. The predicted octanol–water partition coefficient (Wildman–Crippen LogP) is 1.33. The third-order valence-corrected chi connectivity index (χ3v) is 3.64. The van der Waals surface area contributed by atoms with Crippen LogP contribution < -0.4 is 10.9 Å². The summed E-state index contributed by atoms with van der Waals surface area (Å²) in [5, 5.41) is 5.15. The van der Waals surface area contributed by atoms with Gasteiger partial charge in [0.15, 0.2) is 0 Å². The molecule has 0 aromatic heterocycles. The summed E-state index contributed by atoms with van der Waals surface area (Å²) in [6.45, 7) is 0. The highest BCUT2D eigenvalue weighted by Gasteiger charge is 2.15. The normalized spacial score (nSPS) is 11.6. The highest BCUT2D eigenvalue weighted by molar-refractivity contribution is 9.10. The average molecular weight is 286 g/mol. The number of anilines is 1. The van der Waals surface area contributed by atoms with Gasteiger partial charge in [0.2, 0.25) is 10.0 Å². The first kappa shape index (κ1) is 10.8. The van der Waals surface area contributed by atoms with Crippen molar-refractivity contribution in [3.8, 4) is 0 Å². The van der Waals surface area contributed by atoms with Crippen LogP contribution in [0.4, 0.5) is 5.69 Å². The van der Waals surface area contributed by atoms with Gasteiger partial charge in [0.25, 0.3) is 0 Å². The lowest BCUT2D eigenvalue weighted by molar-refractivity contribution is 0.597. The molecule has 0 unspecified atom stereocenters. The fourth-order valence-corrected chi connectivity index (χ4v) is 2.65. The Morgan fingerprint density at radius 1 is 1.38 bits per heavy atom. The van der Waals surface area contributed by atoms with E-state index in [1.165, 1.54) is 12.1 Å². The minimum atomic E-state index is -3.79. The Balaban J connectivity index is 3.56. The molecule has 0 amide bonds. The molecule has 1 aromatic rings. The van der Waals surface area contributed by atoms with Crippen molar-refractivity contribution in [2.75, 3.05) is 5.73 Å². The number of sulfonamides is 1. The second kappa shape index (κ2) is 3.45. The molecule has 7 heteroatoms. The molecule has 4 nitrogen and oxygen atoms in total. The lowest BCUT2D eigenvalue weighted by Gasteiger charge is -2.05. The summed E-state index contributed by atoms with van der Waals surface area (Å²) in [7, 11) is -3.79. The summed E-state index contributed by atoms with van der Waals surface area (Å²) in [6, 6.07) is 2.66. The number of halogens is 2. The molecule has 0 bridgehead atoms. The molecule has 72 valence electrons. The first-order valence-corrected chi connectivity index (χ1v) is 5.81. The number of hydrogen-bond donors (Lipinski definition) is 2. The Morgan fingerprint density at radius 3 is 2.38 bits per heavy atom. The topological polar surface area (TPSA) is 86.2 Å². The molecule has 0 aliphatic heterocycles. The largest absolute Gasteiger partial charge is 0.398 e. The average Bonchev–Trinajstić information content (AvgIpc) is 1.94. The quantitative estimate of drug-likeness (QED) is 0.763. The van der Waals surface area contributed by atoms with E-state index in [1.54, 1.807) is 0 Å². The first-order chi connectivity index (χ1) is 5.82. The SMILES string of the molecule is Nc1cc(Cl)cc(S(N)(=O)=O)c1Br.